The van der Waals surface area contributed by atoms with Crippen molar-refractivity contribution in [3.63, 3.8) is 0 Å². The fourth-order valence-electron chi connectivity index (χ4n) is 1.40. The van der Waals surface area contributed by atoms with Gasteiger partial charge in [-0.1, -0.05) is 23.7 Å². The van der Waals surface area contributed by atoms with Crippen LogP contribution in [0.25, 0.3) is 0 Å². The summed E-state index contributed by atoms with van der Waals surface area (Å²) in [5.41, 5.74) is 0.835. The van der Waals surface area contributed by atoms with Crippen LogP contribution in [0, 0.1) is 0 Å². The summed E-state index contributed by atoms with van der Waals surface area (Å²) in [4.78, 5) is 5.04. The van der Waals surface area contributed by atoms with Gasteiger partial charge >= 0.3 is 0 Å². The molecule has 1 unspecified atom stereocenters. The molecule has 0 saturated carbocycles. The summed E-state index contributed by atoms with van der Waals surface area (Å²) < 4.78 is 0. The maximum absolute atomic E-state index is 9.96. The van der Waals surface area contributed by atoms with Gasteiger partial charge in [-0.05, 0) is 29.8 Å². The summed E-state index contributed by atoms with van der Waals surface area (Å²) >= 11 is 7.47. The molecule has 1 heterocycles. The van der Waals surface area contributed by atoms with Crippen LogP contribution in [0.15, 0.2) is 53.7 Å². The van der Waals surface area contributed by atoms with Gasteiger partial charge in [0.2, 0.25) is 0 Å². The molecule has 0 bridgehead atoms. The highest BCUT2D eigenvalue weighted by atomic mass is 35.5. The molecule has 1 N–H and O–H groups in total. The summed E-state index contributed by atoms with van der Waals surface area (Å²) in [7, 11) is 0. The first-order valence-electron chi connectivity index (χ1n) is 5.22. The Kier molecular flexibility index (Phi) is 4.42. The molecule has 0 saturated heterocycles. The number of aliphatic hydroxyl groups excluding tert-OH is 1. The van der Waals surface area contributed by atoms with Crippen molar-refractivity contribution in [2.45, 2.75) is 11.0 Å². The van der Waals surface area contributed by atoms with Gasteiger partial charge in [0.15, 0.2) is 0 Å². The van der Waals surface area contributed by atoms with Crippen molar-refractivity contribution in [2.24, 2.45) is 0 Å². The van der Waals surface area contributed by atoms with Gasteiger partial charge in [0.05, 0.1) is 6.10 Å². The molecular weight excluding hydrogens is 254 g/mol. The molecule has 4 heteroatoms. The molecule has 2 aromatic rings. The molecule has 0 aliphatic rings. The van der Waals surface area contributed by atoms with Gasteiger partial charge in [-0.2, -0.15) is 0 Å². The first-order chi connectivity index (χ1) is 8.25. The van der Waals surface area contributed by atoms with E-state index in [2.05, 4.69) is 4.98 Å². The second-order valence-corrected chi connectivity index (χ2v) is 5.10. The van der Waals surface area contributed by atoms with Gasteiger partial charge in [-0.3, -0.25) is 4.98 Å². The molecule has 17 heavy (non-hydrogen) atoms. The Labute approximate surface area is 110 Å². The minimum absolute atomic E-state index is 0.507. The number of rotatable bonds is 4. The predicted molar refractivity (Wildman–Crippen MR) is 71.4 cm³/mol. The van der Waals surface area contributed by atoms with Gasteiger partial charge in [-0.15, -0.1) is 11.8 Å². The highest BCUT2D eigenvalue weighted by Gasteiger charge is 2.07. The highest BCUT2D eigenvalue weighted by molar-refractivity contribution is 7.99. The molecule has 0 aliphatic carbocycles. The zero-order chi connectivity index (χ0) is 12.1. The number of halogens is 1. The topological polar surface area (TPSA) is 33.1 Å². The van der Waals surface area contributed by atoms with Gasteiger partial charge in [0.25, 0.3) is 0 Å². The van der Waals surface area contributed by atoms with Crippen molar-refractivity contribution >= 4 is 23.4 Å². The smallest absolute Gasteiger partial charge is 0.0898 e. The Bertz CT molecular complexity index is 478. The molecule has 2 nitrogen and oxygen atoms in total. The number of aliphatic hydroxyl groups is 1. The monoisotopic (exact) mass is 265 g/mol. The summed E-state index contributed by atoms with van der Waals surface area (Å²) in [6, 6.07) is 11.3. The number of nitrogens with zero attached hydrogens (tertiary/aromatic N) is 1. The standard InChI is InChI=1S/C13H12ClNOS/c14-11-4-1-5-12(7-11)17-9-13(16)10-3-2-6-15-8-10/h1-8,13,16H,9H2. The van der Waals surface area contributed by atoms with Crippen LogP contribution in [-0.2, 0) is 0 Å². The molecule has 0 fully saturated rings. The number of hydrogen-bond acceptors (Lipinski definition) is 3. The van der Waals surface area contributed by atoms with Crippen molar-refractivity contribution < 1.29 is 5.11 Å². The molecular formula is C13H12ClNOS. The largest absolute Gasteiger partial charge is 0.387 e. The fourth-order valence-corrected chi connectivity index (χ4v) is 2.58. The second-order valence-electron chi connectivity index (χ2n) is 3.57. The van der Waals surface area contributed by atoms with Crippen molar-refractivity contribution in [3.8, 4) is 0 Å². The molecule has 1 aromatic heterocycles. The van der Waals surface area contributed by atoms with Crippen molar-refractivity contribution in [1.29, 1.82) is 0 Å². The lowest BCUT2D eigenvalue weighted by atomic mass is 10.2. The van der Waals surface area contributed by atoms with E-state index in [0.29, 0.717) is 10.8 Å². The average molecular weight is 266 g/mol. The van der Waals surface area contributed by atoms with E-state index in [9.17, 15) is 5.11 Å². The second kappa shape index (κ2) is 6.05. The van der Waals surface area contributed by atoms with E-state index in [0.717, 1.165) is 10.5 Å². The molecule has 88 valence electrons. The van der Waals surface area contributed by atoms with E-state index in [4.69, 9.17) is 11.6 Å². The predicted octanol–water partition coefficient (Wildman–Crippen LogP) is 3.56. The van der Waals surface area contributed by atoms with Crippen LogP contribution in [0.5, 0.6) is 0 Å². The SMILES string of the molecule is OC(CSc1cccc(Cl)c1)c1cccnc1. The lowest BCUT2D eigenvalue weighted by Crippen LogP contribution is -2.00. The maximum Gasteiger partial charge on any atom is 0.0898 e. The zero-order valence-electron chi connectivity index (χ0n) is 9.08. The normalized spacial score (nSPS) is 12.4. The van der Waals surface area contributed by atoms with Crippen LogP contribution in [-0.4, -0.2) is 15.8 Å². The Morgan fingerprint density at radius 3 is 2.88 bits per heavy atom. The molecule has 0 radical (unpaired) electrons. The van der Waals surface area contributed by atoms with Gasteiger partial charge in [0, 0.05) is 28.1 Å². The Morgan fingerprint density at radius 1 is 1.29 bits per heavy atom. The van der Waals surface area contributed by atoms with Crippen LogP contribution < -0.4 is 0 Å². The first kappa shape index (κ1) is 12.4. The third-order valence-electron chi connectivity index (χ3n) is 2.27. The number of hydrogen-bond donors (Lipinski definition) is 1. The summed E-state index contributed by atoms with van der Waals surface area (Å²) in [6.45, 7) is 0. The number of benzene rings is 1. The molecule has 1 aromatic carbocycles. The lowest BCUT2D eigenvalue weighted by molar-refractivity contribution is 0.203. The van der Waals surface area contributed by atoms with Crippen LogP contribution in [0.4, 0.5) is 0 Å². The average Bonchev–Trinajstić information content (AvgIpc) is 2.37. The fraction of sp³-hybridized carbons (Fsp3) is 0.154. The molecule has 0 spiro atoms. The molecule has 2 rings (SSSR count). The van der Waals surface area contributed by atoms with Gasteiger partial charge in [-0.25, -0.2) is 0 Å². The van der Waals surface area contributed by atoms with E-state index in [1.165, 1.54) is 0 Å². The summed E-state index contributed by atoms with van der Waals surface area (Å²) in [5, 5.41) is 10.7. The van der Waals surface area contributed by atoms with Crippen LogP contribution in [0.1, 0.15) is 11.7 Å². The third-order valence-corrected chi connectivity index (χ3v) is 3.58. The van der Waals surface area contributed by atoms with E-state index in [1.807, 2.05) is 36.4 Å². The van der Waals surface area contributed by atoms with E-state index >= 15 is 0 Å². The number of aromatic nitrogens is 1. The number of thioether (sulfide) groups is 1. The Balaban J connectivity index is 1.95. The summed E-state index contributed by atoms with van der Waals surface area (Å²) in [6.07, 6.45) is 2.87. The minimum atomic E-state index is -0.507. The Hall–Kier alpha value is -1.03. The van der Waals surface area contributed by atoms with Crippen LogP contribution in [0.3, 0.4) is 0 Å². The van der Waals surface area contributed by atoms with E-state index < -0.39 is 6.10 Å². The van der Waals surface area contributed by atoms with Gasteiger partial charge < -0.3 is 5.11 Å². The zero-order valence-corrected chi connectivity index (χ0v) is 10.7. The molecule has 0 amide bonds. The minimum Gasteiger partial charge on any atom is -0.387 e. The van der Waals surface area contributed by atoms with E-state index in [1.54, 1.807) is 24.2 Å². The van der Waals surface area contributed by atoms with Crippen molar-refractivity contribution in [2.75, 3.05) is 5.75 Å². The molecule has 0 aliphatic heterocycles. The van der Waals surface area contributed by atoms with Crippen LogP contribution in [0.2, 0.25) is 5.02 Å². The quantitative estimate of drug-likeness (QED) is 0.858. The van der Waals surface area contributed by atoms with Crippen molar-refractivity contribution in [3.05, 3.63) is 59.4 Å². The highest BCUT2D eigenvalue weighted by Crippen LogP contribution is 2.26. The molecule has 1 atom stereocenters. The maximum atomic E-state index is 9.96. The van der Waals surface area contributed by atoms with Crippen molar-refractivity contribution in [1.82, 2.24) is 4.98 Å². The van der Waals surface area contributed by atoms with E-state index in [-0.39, 0.29) is 0 Å². The van der Waals surface area contributed by atoms with Gasteiger partial charge in [0.1, 0.15) is 0 Å². The third kappa shape index (κ3) is 3.73. The van der Waals surface area contributed by atoms with Crippen LogP contribution >= 0.6 is 23.4 Å². The Morgan fingerprint density at radius 2 is 2.18 bits per heavy atom. The number of pyridine rings is 1. The lowest BCUT2D eigenvalue weighted by Gasteiger charge is -2.09. The first-order valence-corrected chi connectivity index (χ1v) is 6.58. The summed E-state index contributed by atoms with van der Waals surface area (Å²) in [5.74, 6) is 0.589.